The van der Waals surface area contributed by atoms with E-state index in [-0.39, 0.29) is 18.0 Å². The van der Waals surface area contributed by atoms with Gasteiger partial charge in [-0.05, 0) is 44.0 Å². The van der Waals surface area contributed by atoms with Crippen LogP contribution in [0.3, 0.4) is 0 Å². The molecule has 0 bridgehead atoms. The number of halogens is 2. The first kappa shape index (κ1) is 18.6. The number of furan rings is 1. The Bertz CT molecular complexity index is 814. The van der Waals surface area contributed by atoms with Gasteiger partial charge in [-0.3, -0.25) is 4.79 Å². The first-order valence-corrected chi connectivity index (χ1v) is 9.05. The van der Waals surface area contributed by atoms with Gasteiger partial charge in [-0.15, -0.1) is 0 Å². The van der Waals surface area contributed by atoms with E-state index in [1.807, 2.05) is 6.92 Å². The maximum absolute atomic E-state index is 12.4. The van der Waals surface area contributed by atoms with E-state index < -0.39 is 0 Å². The van der Waals surface area contributed by atoms with E-state index >= 15 is 0 Å². The standard InChI is InChI=1S/C18H19Cl2N3O3/c1-11-6-9-26-16(11)17(24)21-12-4-7-23(8-5-12)18(25)22-13-2-3-14(19)15(20)10-13/h2-3,6,9-10,12H,4-5,7-8H2,1H3,(H,21,24)(H,22,25). The number of rotatable bonds is 3. The van der Waals surface area contributed by atoms with Crippen molar-refractivity contribution in [2.75, 3.05) is 18.4 Å². The van der Waals surface area contributed by atoms with Crippen molar-refractivity contribution in [2.24, 2.45) is 0 Å². The van der Waals surface area contributed by atoms with Crippen LogP contribution in [0.5, 0.6) is 0 Å². The number of likely N-dealkylation sites (tertiary alicyclic amines) is 1. The number of hydrogen-bond donors (Lipinski definition) is 2. The Balaban J connectivity index is 1.50. The van der Waals surface area contributed by atoms with Gasteiger partial charge in [-0.1, -0.05) is 23.2 Å². The van der Waals surface area contributed by atoms with Crippen LogP contribution in [0.15, 0.2) is 34.9 Å². The van der Waals surface area contributed by atoms with Gasteiger partial charge in [0.15, 0.2) is 5.76 Å². The van der Waals surface area contributed by atoms with E-state index in [0.29, 0.717) is 47.4 Å². The number of amides is 3. The molecule has 0 spiro atoms. The lowest BCUT2D eigenvalue weighted by atomic mass is 10.0. The second-order valence-corrected chi connectivity index (χ2v) is 7.04. The third kappa shape index (κ3) is 4.31. The monoisotopic (exact) mass is 395 g/mol. The molecule has 0 atom stereocenters. The molecule has 6 nitrogen and oxygen atoms in total. The Morgan fingerprint density at radius 3 is 2.50 bits per heavy atom. The molecule has 3 amide bonds. The van der Waals surface area contributed by atoms with Crippen molar-refractivity contribution < 1.29 is 14.0 Å². The van der Waals surface area contributed by atoms with Crippen molar-refractivity contribution in [1.29, 1.82) is 0 Å². The Kier molecular flexibility index (Phi) is 5.74. The molecule has 138 valence electrons. The lowest BCUT2D eigenvalue weighted by Gasteiger charge is -2.32. The van der Waals surface area contributed by atoms with Crippen LogP contribution in [0.25, 0.3) is 0 Å². The minimum absolute atomic E-state index is 0.0148. The predicted molar refractivity (Wildman–Crippen MR) is 101 cm³/mol. The number of piperidine rings is 1. The second-order valence-electron chi connectivity index (χ2n) is 6.23. The van der Waals surface area contributed by atoms with Gasteiger partial charge in [0.25, 0.3) is 5.91 Å². The van der Waals surface area contributed by atoms with Gasteiger partial charge in [0, 0.05) is 30.4 Å². The van der Waals surface area contributed by atoms with Crippen molar-refractivity contribution in [3.63, 3.8) is 0 Å². The molecule has 1 aliphatic heterocycles. The summed E-state index contributed by atoms with van der Waals surface area (Å²) in [7, 11) is 0. The van der Waals surface area contributed by atoms with Crippen LogP contribution in [0.4, 0.5) is 10.5 Å². The summed E-state index contributed by atoms with van der Waals surface area (Å²) in [6, 6.07) is 6.52. The number of hydrogen-bond acceptors (Lipinski definition) is 3. The van der Waals surface area contributed by atoms with Crippen LogP contribution in [0.2, 0.25) is 10.0 Å². The van der Waals surface area contributed by atoms with Crippen LogP contribution in [0, 0.1) is 6.92 Å². The first-order chi connectivity index (χ1) is 12.4. The number of carbonyl (C=O) groups excluding carboxylic acids is 2. The van der Waals surface area contributed by atoms with Gasteiger partial charge >= 0.3 is 6.03 Å². The molecule has 1 saturated heterocycles. The van der Waals surface area contributed by atoms with Crippen molar-refractivity contribution in [3.05, 3.63) is 51.9 Å². The minimum atomic E-state index is -0.216. The fourth-order valence-electron chi connectivity index (χ4n) is 2.86. The van der Waals surface area contributed by atoms with Crippen molar-refractivity contribution in [3.8, 4) is 0 Å². The summed E-state index contributed by atoms with van der Waals surface area (Å²) in [5, 5.41) is 6.59. The third-order valence-electron chi connectivity index (χ3n) is 4.36. The largest absolute Gasteiger partial charge is 0.459 e. The maximum atomic E-state index is 12.4. The number of carbonyl (C=O) groups is 2. The normalized spacial score (nSPS) is 15.0. The van der Waals surface area contributed by atoms with Gasteiger partial charge < -0.3 is 20.0 Å². The molecular weight excluding hydrogens is 377 g/mol. The van der Waals surface area contributed by atoms with Crippen LogP contribution in [0.1, 0.15) is 29.0 Å². The van der Waals surface area contributed by atoms with Gasteiger partial charge in [-0.2, -0.15) is 0 Å². The summed E-state index contributed by atoms with van der Waals surface area (Å²) in [6.07, 6.45) is 2.86. The minimum Gasteiger partial charge on any atom is -0.459 e. The molecule has 8 heteroatoms. The zero-order chi connectivity index (χ0) is 18.7. The van der Waals surface area contributed by atoms with Gasteiger partial charge in [0.2, 0.25) is 0 Å². The number of anilines is 1. The summed E-state index contributed by atoms with van der Waals surface area (Å²) in [6.45, 7) is 2.93. The van der Waals surface area contributed by atoms with Gasteiger partial charge in [0.05, 0.1) is 16.3 Å². The maximum Gasteiger partial charge on any atom is 0.321 e. The van der Waals surface area contributed by atoms with Crippen molar-refractivity contribution in [1.82, 2.24) is 10.2 Å². The Labute approximate surface area is 161 Å². The number of urea groups is 1. The summed E-state index contributed by atoms with van der Waals surface area (Å²) in [5.41, 5.74) is 1.40. The van der Waals surface area contributed by atoms with Crippen LogP contribution in [-0.2, 0) is 0 Å². The molecule has 1 aromatic heterocycles. The summed E-state index contributed by atoms with van der Waals surface area (Å²) >= 11 is 11.8. The fraction of sp³-hybridized carbons (Fsp3) is 0.333. The molecule has 0 unspecified atom stereocenters. The molecule has 1 aliphatic rings. The highest BCUT2D eigenvalue weighted by atomic mass is 35.5. The molecular formula is C18H19Cl2N3O3. The van der Waals surface area contributed by atoms with E-state index in [4.69, 9.17) is 27.6 Å². The van der Waals surface area contributed by atoms with E-state index in [0.717, 1.165) is 5.56 Å². The fourth-order valence-corrected chi connectivity index (χ4v) is 3.16. The molecule has 0 aliphatic carbocycles. The SMILES string of the molecule is Cc1ccoc1C(=O)NC1CCN(C(=O)Nc2ccc(Cl)c(Cl)c2)CC1. The lowest BCUT2D eigenvalue weighted by Crippen LogP contribution is -2.47. The summed E-state index contributed by atoms with van der Waals surface area (Å²) in [4.78, 5) is 26.3. The zero-order valence-electron chi connectivity index (χ0n) is 14.2. The number of nitrogens with zero attached hydrogens (tertiary/aromatic N) is 1. The van der Waals surface area contributed by atoms with Gasteiger partial charge in [-0.25, -0.2) is 4.79 Å². The van der Waals surface area contributed by atoms with Crippen LogP contribution in [-0.4, -0.2) is 36.0 Å². The molecule has 2 aromatic rings. The van der Waals surface area contributed by atoms with Gasteiger partial charge in [0.1, 0.15) is 0 Å². The van der Waals surface area contributed by atoms with Crippen LogP contribution < -0.4 is 10.6 Å². The highest BCUT2D eigenvalue weighted by Crippen LogP contribution is 2.25. The quantitative estimate of drug-likeness (QED) is 0.812. The highest BCUT2D eigenvalue weighted by Gasteiger charge is 2.25. The molecule has 0 radical (unpaired) electrons. The number of benzene rings is 1. The van der Waals surface area contributed by atoms with Crippen molar-refractivity contribution in [2.45, 2.75) is 25.8 Å². The average Bonchev–Trinajstić information content (AvgIpc) is 3.05. The first-order valence-electron chi connectivity index (χ1n) is 8.30. The number of aryl methyl sites for hydroxylation is 1. The molecule has 1 aromatic carbocycles. The number of nitrogens with one attached hydrogen (secondary N) is 2. The highest BCUT2D eigenvalue weighted by molar-refractivity contribution is 6.42. The lowest BCUT2D eigenvalue weighted by molar-refractivity contribution is 0.0890. The van der Waals surface area contributed by atoms with E-state index in [1.165, 1.54) is 6.26 Å². The molecule has 1 fully saturated rings. The summed E-state index contributed by atoms with van der Waals surface area (Å²) < 4.78 is 5.20. The van der Waals surface area contributed by atoms with E-state index in [2.05, 4.69) is 10.6 Å². The Morgan fingerprint density at radius 1 is 1.15 bits per heavy atom. The summed E-state index contributed by atoms with van der Waals surface area (Å²) in [5.74, 6) is 0.121. The third-order valence-corrected chi connectivity index (χ3v) is 5.10. The molecule has 3 rings (SSSR count). The van der Waals surface area contributed by atoms with Crippen molar-refractivity contribution >= 4 is 40.8 Å². The molecule has 0 saturated carbocycles. The average molecular weight is 396 g/mol. The van der Waals surface area contributed by atoms with E-state index in [9.17, 15) is 9.59 Å². The zero-order valence-corrected chi connectivity index (χ0v) is 15.7. The predicted octanol–water partition coefficient (Wildman–Crippen LogP) is 4.32. The smallest absolute Gasteiger partial charge is 0.321 e. The molecule has 26 heavy (non-hydrogen) atoms. The second kappa shape index (κ2) is 8.01. The van der Waals surface area contributed by atoms with E-state index in [1.54, 1.807) is 29.2 Å². The Hall–Kier alpha value is -2.18. The molecule has 2 N–H and O–H groups in total. The topological polar surface area (TPSA) is 74.6 Å². The Morgan fingerprint density at radius 2 is 1.88 bits per heavy atom. The molecule has 2 heterocycles. The van der Waals surface area contributed by atoms with Crippen LogP contribution >= 0.6 is 23.2 Å².